The van der Waals surface area contributed by atoms with E-state index in [-0.39, 0.29) is 6.03 Å². The molecule has 0 unspecified atom stereocenters. The molecule has 29 heavy (non-hydrogen) atoms. The monoisotopic (exact) mass is 398 g/mol. The summed E-state index contributed by atoms with van der Waals surface area (Å²) in [6.45, 7) is 3.28. The molecule has 2 N–H and O–H groups in total. The fraction of sp³-hybridized carbons (Fsp3) is 0.750. The van der Waals surface area contributed by atoms with E-state index < -0.39 is 0 Å². The van der Waals surface area contributed by atoms with Crippen molar-refractivity contribution in [2.24, 2.45) is 23.2 Å². The summed E-state index contributed by atoms with van der Waals surface area (Å²) in [6, 6.07) is 4.21. The van der Waals surface area contributed by atoms with E-state index in [2.05, 4.69) is 20.5 Å². The second-order valence-corrected chi connectivity index (χ2v) is 9.95. The van der Waals surface area contributed by atoms with Gasteiger partial charge < -0.3 is 15.5 Å². The van der Waals surface area contributed by atoms with Gasteiger partial charge in [0.25, 0.3) is 0 Å². The Balaban J connectivity index is 1.25. The third kappa shape index (κ3) is 5.30. The number of aromatic nitrogens is 1. The number of urea groups is 1. The van der Waals surface area contributed by atoms with Crippen LogP contribution in [0.15, 0.2) is 24.5 Å². The highest BCUT2D eigenvalue weighted by Gasteiger charge is 2.50. The zero-order valence-corrected chi connectivity index (χ0v) is 18.0. The van der Waals surface area contributed by atoms with Gasteiger partial charge >= 0.3 is 6.03 Å². The van der Waals surface area contributed by atoms with Crippen LogP contribution in [-0.4, -0.2) is 49.1 Å². The minimum Gasteiger partial charge on any atom is -0.338 e. The van der Waals surface area contributed by atoms with Crippen molar-refractivity contribution in [1.29, 1.82) is 0 Å². The number of aryl methyl sites for hydroxylation is 1. The molecule has 1 heterocycles. The molecule has 4 aliphatic rings. The van der Waals surface area contributed by atoms with Gasteiger partial charge in [-0.1, -0.05) is 0 Å². The number of rotatable bonds is 10. The molecule has 4 fully saturated rings. The Hall–Kier alpha value is -1.62. The Bertz CT molecular complexity index is 627. The molecule has 1 aromatic rings. The SMILES string of the molecule is CNCCN(CCC12CC3CC(CC(C3)C1)C2)C(=O)NCCCc1ccncc1. The van der Waals surface area contributed by atoms with Gasteiger partial charge in [-0.15, -0.1) is 0 Å². The summed E-state index contributed by atoms with van der Waals surface area (Å²) >= 11 is 0. The molecule has 4 aliphatic carbocycles. The van der Waals surface area contributed by atoms with Crippen molar-refractivity contribution in [2.45, 2.75) is 57.8 Å². The van der Waals surface area contributed by atoms with Crippen LogP contribution in [-0.2, 0) is 6.42 Å². The van der Waals surface area contributed by atoms with Crippen LogP contribution in [0, 0.1) is 23.2 Å². The highest BCUT2D eigenvalue weighted by atomic mass is 16.2. The fourth-order valence-corrected chi connectivity index (χ4v) is 6.68. The number of nitrogens with one attached hydrogen (secondary N) is 2. The lowest BCUT2D eigenvalue weighted by molar-refractivity contribution is -0.0595. The van der Waals surface area contributed by atoms with Crippen molar-refractivity contribution in [1.82, 2.24) is 20.5 Å². The number of nitrogens with zero attached hydrogens (tertiary/aromatic N) is 2. The van der Waals surface area contributed by atoms with Crippen molar-refractivity contribution in [3.63, 3.8) is 0 Å². The third-order valence-electron chi connectivity index (χ3n) is 7.66. The lowest BCUT2D eigenvalue weighted by atomic mass is 9.49. The van der Waals surface area contributed by atoms with Crippen LogP contribution in [0.4, 0.5) is 4.79 Å². The Morgan fingerprint density at radius 1 is 1.07 bits per heavy atom. The Labute approximate surface area is 176 Å². The number of carbonyl (C=O) groups excluding carboxylic acids is 1. The predicted octanol–water partition coefficient (Wildman–Crippen LogP) is 3.85. The van der Waals surface area contributed by atoms with Crippen LogP contribution < -0.4 is 10.6 Å². The first-order valence-electron chi connectivity index (χ1n) is 11.7. The molecule has 0 atom stereocenters. The van der Waals surface area contributed by atoms with Crippen molar-refractivity contribution in [2.75, 3.05) is 33.2 Å². The summed E-state index contributed by atoms with van der Waals surface area (Å²) < 4.78 is 0. The van der Waals surface area contributed by atoms with Gasteiger partial charge in [0, 0.05) is 38.6 Å². The normalized spacial score (nSPS) is 29.8. The van der Waals surface area contributed by atoms with Crippen LogP contribution in [0.25, 0.3) is 0 Å². The highest BCUT2D eigenvalue weighted by Crippen LogP contribution is 2.61. The number of likely N-dealkylation sites (N-methyl/N-ethyl adjacent to an activating group) is 1. The molecule has 160 valence electrons. The molecule has 0 radical (unpaired) electrons. The van der Waals surface area contributed by atoms with E-state index in [1.165, 1.54) is 50.5 Å². The number of amides is 2. The number of pyridine rings is 1. The Morgan fingerprint density at radius 3 is 2.34 bits per heavy atom. The molecule has 5 nitrogen and oxygen atoms in total. The lowest BCUT2D eigenvalue weighted by Crippen LogP contribution is -2.49. The lowest BCUT2D eigenvalue weighted by Gasteiger charge is -2.57. The fourth-order valence-electron chi connectivity index (χ4n) is 6.68. The van der Waals surface area contributed by atoms with E-state index in [4.69, 9.17) is 0 Å². The van der Waals surface area contributed by atoms with Crippen molar-refractivity contribution in [3.05, 3.63) is 30.1 Å². The van der Waals surface area contributed by atoms with Gasteiger partial charge in [0.15, 0.2) is 0 Å². The maximum Gasteiger partial charge on any atom is 0.317 e. The van der Waals surface area contributed by atoms with E-state index in [9.17, 15) is 4.79 Å². The summed E-state index contributed by atoms with van der Waals surface area (Å²) in [5.41, 5.74) is 1.82. The first-order valence-corrected chi connectivity index (χ1v) is 11.7. The maximum atomic E-state index is 12.9. The Morgan fingerprint density at radius 2 is 1.72 bits per heavy atom. The minimum atomic E-state index is 0.111. The van der Waals surface area contributed by atoms with Crippen molar-refractivity contribution < 1.29 is 4.79 Å². The van der Waals surface area contributed by atoms with Crippen LogP contribution in [0.2, 0.25) is 0 Å². The molecule has 0 saturated heterocycles. The summed E-state index contributed by atoms with van der Waals surface area (Å²) in [4.78, 5) is 19.0. The molecule has 5 rings (SSSR count). The van der Waals surface area contributed by atoms with Crippen LogP contribution in [0.5, 0.6) is 0 Å². The Kier molecular flexibility index (Phi) is 6.74. The molecule has 4 saturated carbocycles. The zero-order chi connectivity index (χ0) is 20.1. The summed E-state index contributed by atoms with van der Waals surface area (Å²) in [7, 11) is 1.96. The largest absolute Gasteiger partial charge is 0.338 e. The molecule has 5 heteroatoms. The highest BCUT2D eigenvalue weighted by molar-refractivity contribution is 5.74. The van der Waals surface area contributed by atoms with Gasteiger partial charge in [0.1, 0.15) is 0 Å². The van der Waals surface area contributed by atoms with Crippen LogP contribution >= 0.6 is 0 Å². The van der Waals surface area contributed by atoms with E-state index in [0.29, 0.717) is 5.41 Å². The summed E-state index contributed by atoms with van der Waals surface area (Å²) in [6.07, 6.45) is 15.5. The smallest absolute Gasteiger partial charge is 0.317 e. The molecular weight excluding hydrogens is 360 g/mol. The van der Waals surface area contributed by atoms with Crippen LogP contribution in [0.1, 0.15) is 56.9 Å². The topological polar surface area (TPSA) is 57.3 Å². The molecule has 4 bridgehead atoms. The van der Waals surface area contributed by atoms with E-state index in [1.807, 2.05) is 31.6 Å². The number of carbonyl (C=O) groups is 1. The second kappa shape index (κ2) is 9.46. The van der Waals surface area contributed by atoms with Crippen molar-refractivity contribution >= 4 is 6.03 Å². The third-order valence-corrected chi connectivity index (χ3v) is 7.66. The minimum absolute atomic E-state index is 0.111. The molecule has 1 aromatic heterocycles. The molecule has 0 spiro atoms. The molecule has 2 amide bonds. The first-order chi connectivity index (χ1) is 14.2. The molecular formula is C24H38N4O. The van der Waals surface area contributed by atoms with Gasteiger partial charge in [-0.05, 0) is 106 Å². The quantitative estimate of drug-likeness (QED) is 0.589. The summed E-state index contributed by atoms with van der Waals surface area (Å²) in [5, 5.41) is 6.37. The van der Waals surface area contributed by atoms with E-state index >= 15 is 0 Å². The van der Waals surface area contributed by atoms with E-state index in [0.717, 1.165) is 56.8 Å². The van der Waals surface area contributed by atoms with Crippen LogP contribution in [0.3, 0.4) is 0 Å². The average Bonchev–Trinajstić information content (AvgIpc) is 2.71. The van der Waals surface area contributed by atoms with Gasteiger partial charge in [0.05, 0.1) is 0 Å². The number of hydrogen-bond acceptors (Lipinski definition) is 3. The molecule has 0 aliphatic heterocycles. The van der Waals surface area contributed by atoms with Gasteiger partial charge in [-0.2, -0.15) is 0 Å². The van der Waals surface area contributed by atoms with Gasteiger partial charge in [-0.25, -0.2) is 4.79 Å². The summed E-state index contributed by atoms with van der Waals surface area (Å²) in [5.74, 6) is 2.94. The predicted molar refractivity (Wildman–Crippen MR) is 117 cm³/mol. The van der Waals surface area contributed by atoms with Crippen molar-refractivity contribution in [3.8, 4) is 0 Å². The number of hydrogen-bond donors (Lipinski definition) is 2. The maximum absolute atomic E-state index is 12.9. The second-order valence-electron chi connectivity index (χ2n) is 9.95. The van der Waals surface area contributed by atoms with Gasteiger partial charge in [-0.3, -0.25) is 4.98 Å². The molecule has 0 aromatic carbocycles. The standard InChI is InChI=1S/C24H38N4O/c1-25-10-12-28(23(29)27-7-2-3-19-4-8-26-9-5-19)11-6-24-16-20-13-21(17-24)15-22(14-20)18-24/h4-5,8-9,20-22,25H,2-3,6-7,10-18H2,1H3,(H,27,29). The first kappa shape index (κ1) is 20.6. The average molecular weight is 399 g/mol. The zero-order valence-electron chi connectivity index (χ0n) is 18.0. The van der Waals surface area contributed by atoms with Gasteiger partial charge in [0.2, 0.25) is 0 Å². The van der Waals surface area contributed by atoms with E-state index in [1.54, 1.807) is 0 Å².